The van der Waals surface area contributed by atoms with E-state index in [0.29, 0.717) is 27.7 Å². The number of amides is 2. The fraction of sp³-hybridized carbons (Fsp3) is 0.130. The van der Waals surface area contributed by atoms with Gasteiger partial charge in [-0.25, -0.2) is 4.90 Å². The molecule has 0 fully saturated rings. The molecule has 11 heteroatoms. The highest BCUT2D eigenvalue weighted by atomic mass is 35.5. The van der Waals surface area contributed by atoms with Crippen molar-refractivity contribution in [1.29, 1.82) is 0 Å². The van der Waals surface area contributed by atoms with E-state index in [2.05, 4.69) is 10.1 Å². The number of carbonyl (C=O) groups excluding carboxylic acids is 2. The lowest BCUT2D eigenvalue weighted by atomic mass is 9.84. The molecule has 4 aromatic rings. The topological polar surface area (TPSA) is 68.1 Å². The fourth-order valence-electron chi connectivity index (χ4n) is 4.00. The van der Waals surface area contributed by atoms with E-state index < -0.39 is 29.5 Å². The molecule has 6 nitrogen and oxygen atoms in total. The van der Waals surface area contributed by atoms with Crippen LogP contribution in [-0.2, 0) is 18.0 Å². The van der Waals surface area contributed by atoms with E-state index in [1.165, 1.54) is 12.1 Å². The van der Waals surface area contributed by atoms with Crippen molar-refractivity contribution >= 4 is 52.4 Å². The molecule has 1 atom stereocenters. The normalized spacial score (nSPS) is 15.9. The summed E-state index contributed by atoms with van der Waals surface area (Å²) in [6.07, 6.45) is -2.34. The number of alkyl halides is 3. The maximum absolute atomic E-state index is 13.6. The predicted octanol–water partition coefficient (Wildman–Crippen LogP) is 5.38. The Bertz CT molecular complexity index is 1430. The Balaban J connectivity index is 0.00000274. The number of hydrogen-bond donors (Lipinski definition) is 0. The number of pyridine rings is 1. The number of aromatic nitrogens is 3. The monoisotopic (exact) mass is 506 g/mol. The van der Waals surface area contributed by atoms with Gasteiger partial charge in [0.25, 0.3) is 5.91 Å². The van der Waals surface area contributed by atoms with E-state index >= 15 is 0 Å². The molecule has 0 saturated carbocycles. The number of imide groups is 1. The molecular weight excluding hydrogens is 492 g/mol. The maximum atomic E-state index is 13.6. The number of rotatable bonds is 2. The van der Waals surface area contributed by atoms with Crippen LogP contribution in [0.4, 0.5) is 18.9 Å². The van der Waals surface area contributed by atoms with Gasteiger partial charge >= 0.3 is 6.18 Å². The number of nitrogens with zero attached hydrogens (tertiary/aromatic N) is 4. The molecule has 1 aliphatic rings. The van der Waals surface area contributed by atoms with Crippen molar-refractivity contribution in [3.05, 3.63) is 88.3 Å². The number of fused-ring (bicyclic) bond motifs is 2. The van der Waals surface area contributed by atoms with E-state index in [1.807, 2.05) is 0 Å². The van der Waals surface area contributed by atoms with Gasteiger partial charge in [-0.1, -0.05) is 23.7 Å². The molecule has 0 aliphatic carbocycles. The standard InChI is InChI=1S/C23H14ClF3N4O2.ClH/c1-30-11-13-8-16(6-7-18(13)29-30)31-21(32)19(12-2-4-15(24)5-3-12)17-9-14(23(25,26)27)10-28-20(17)22(31)33;/h2-11,19H,1H3;1H. The first-order chi connectivity index (χ1) is 15.6. The summed E-state index contributed by atoms with van der Waals surface area (Å²) in [5.74, 6) is -2.65. The van der Waals surface area contributed by atoms with E-state index in [1.54, 1.807) is 48.3 Å². The largest absolute Gasteiger partial charge is 0.417 e. The van der Waals surface area contributed by atoms with Crippen molar-refractivity contribution < 1.29 is 22.8 Å². The van der Waals surface area contributed by atoms with Crippen molar-refractivity contribution in [3.63, 3.8) is 0 Å². The summed E-state index contributed by atoms with van der Waals surface area (Å²) in [7, 11) is 1.74. The highest BCUT2D eigenvalue weighted by molar-refractivity contribution is 6.30. The van der Waals surface area contributed by atoms with Crippen LogP contribution in [0.1, 0.15) is 33.1 Å². The van der Waals surface area contributed by atoms with Crippen LogP contribution in [0.15, 0.2) is 60.9 Å². The number of hydrogen-bond acceptors (Lipinski definition) is 4. The van der Waals surface area contributed by atoms with Gasteiger partial charge in [0.2, 0.25) is 5.91 Å². The van der Waals surface area contributed by atoms with Gasteiger partial charge in [0.1, 0.15) is 5.69 Å². The minimum Gasteiger partial charge on any atom is -0.275 e. The van der Waals surface area contributed by atoms with Crippen molar-refractivity contribution in [2.75, 3.05) is 4.90 Å². The zero-order valence-corrected chi connectivity index (χ0v) is 18.9. The molecule has 174 valence electrons. The highest BCUT2D eigenvalue weighted by Crippen LogP contribution is 2.39. The van der Waals surface area contributed by atoms with Gasteiger partial charge < -0.3 is 0 Å². The van der Waals surface area contributed by atoms with Crippen LogP contribution in [-0.4, -0.2) is 26.6 Å². The van der Waals surface area contributed by atoms with Gasteiger partial charge in [-0.3, -0.25) is 19.3 Å². The summed E-state index contributed by atoms with van der Waals surface area (Å²) in [5.41, 5.74) is -0.00924. The molecule has 2 aromatic carbocycles. The molecule has 0 N–H and O–H groups in total. The Morgan fingerprint density at radius 2 is 1.74 bits per heavy atom. The SMILES string of the molecule is Cl.Cn1cc2cc(N3C(=O)c4ncc(C(F)(F)F)cc4C(c4ccc(Cl)cc4)C3=O)ccc2n1. The van der Waals surface area contributed by atoms with Crippen LogP contribution in [0.2, 0.25) is 5.02 Å². The number of benzene rings is 2. The van der Waals surface area contributed by atoms with E-state index in [9.17, 15) is 22.8 Å². The van der Waals surface area contributed by atoms with Gasteiger partial charge in [-0.15, -0.1) is 12.4 Å². The van der Waals surface area contributed by atoms with Crippen LogP contribution < -0.4 is 4.90 Å². The van der Waals surface area contributed by atoms with Crippen molar-refractivity contribution in [3.8, 4) is 0 Å². The second-order valence-corrected chi connectivity index (χ2v) is 8.11. The quantitative estimate of drug-likeness (QED) is 0.342. The Morgan fingerprint density at radius 1 is 1.03 bits per heavy atom. The van der Waals surface area contributed by atoms with Crippen molar-refractivity contribution in [2.45, 2.75) is 12.1 Å². The fourth-order valence-corrected chi connectivity index (χ4v) is 4.13. The lowest BCUT2D eigenvalue weighted by Gasteiger charge is -2.32. The molecule has 3 heterocycles. The van der Waals surface area contributed by atoms with Gasteiger partial charge in [-0.2, -0.15) is 18.3 Å². The first kappa shape index (κ1) is 23.7. The molecule has 34 heavy (non-hydrogen) atoms. The Kier molecular flexibility index (Phi) is 5.87. The summed E-state index contributed by atoms with van der Waals surface area (Å²) in [6, 6.07) is 11.9. The average Bonchev–Trinajstić information content (AvgIpc) is 3.13. The lowest BCUT2D eigenvalue weighted by molar-refractivity contribution is -0.138. The minimum absolute atomic E-state index is 0. The van der Waals surface area contributed by atoms with Crippen molar-refractivity contribution in [2.24, 2.45) is 7.05 Å². The van der Waals surface area contributed by atoms with Crippen LogP contribution in [0.5, 0.6) is 0 Å². The molecule has 0 radical (unpaired) electrons. The summed E-state index contributed by atoms with van der Waals surface area (Å²) in [5, 5.41) is 5.37. The number of anilines is 1. The van der Waals surface area contributed by atoms with Gasteiger partial charge in [0.15, 0.2) is 0 Å². The van der Waals surface area contributed by atoms with Crippen LogP contribution >= 0.6 is 24.0 Å². The van der Waals surface area contributed by atoms with Gasteiger partial charge in [0, 0.05) is 35.4 Å². The van der Waals surface area contributed by atoms with Gasteiger partial charge in [0.05, 0.1) is 22.7 Å². The molecule has 2 aromatic heterocycles. The second kappa shape index (κ2) is 8.41. The van der Waals surface area contributed by atoms with Crippen molar-refractivity contribution in [1.82, 2.24) is 14.8 Å². The maximum Gasteiger partial charge on any atom is 0.417 e. The van der Waals surface area contributed by atoms with Crippen LogP contribution in [0.3, 0.4) is 0 Å². The van der Waals surface area contributed by atoms with Crippen LogP contribution in [0, 0.1) is 0 Å². The third-order valence-electron chi connectivity index (χ3n) is 5.49. The molecule has 2 amide bonds. The first-order valence-electron chi connectivity index (χ1n) is 9.78. The lowest BCUT2D eigenvalue weighted by Crippen LogP contribution is -2.46. The zero-order chi connectivity index (χ0) is 23.5. The molecule has 0 spiro atoms. The third-order valence-corrected chi connectivity index (χ3v) is 5.74. The second-order valence-electron chi connectivity index (χ2n) is 7.67. The summed E-state index contributed by atoms with van der Waals surface area (Å²) >= 11 is 5.96. The van der Waals surface area contributed by atoms with E-state index in [-0.39, 0.29) is 29.4 Å². The molecule has 0 saturated heterocycles. The smallest absolute Gasteiger partial charge is 0.275 e. The third kappa shape index (κ3) is 3.91. The summed E-state index contributed by atoms with van der Waals surface area (Å²) < 4.78 is 41.7. The van der Waals surface area contributed by atoms with E-state index in [4.69, 9.17) is 11.6 Å². The number of carbonyl (C=O) groups is 2. The zero-order valence-electron chi connectivity index (χ0n) is 17.4. The summed E-state index contributed by atoms with van der Waals surface area (Å²) in [6.45, 7) is 0. The Labute approximate surface area is 202 Å². The average molecular weight is 507 g/mol. The predicted molar refractivity (Wildman–Crippen MR) is 122 cm³/mol. The summed E-state index contributed by atoms with van der Waals surface area (Å²) in [4.78, 5) is 31.7. The van der Waals surface area contributed by atoms with Crippen LogP contribution in [0.25, 0.3) is 10.9 Å². The van der Waals surface area contributed by atoms with E-state index in [0.717, 1.165) is 11.0 Å². The number of aryl methyl sites for hydroxylation is 1. The van der Waals surface area contributed by atoms with Gasteiger partial charge in [-0.05, 0) is 42.0 Å². The minimum atomic E-state index is -4.68. The molecule has 1 aliphatic heterocycles. The molecule has 5 rings (SSSR count). The Morgan fingerprint density at radius 3 is 2.41 bits per heavy atom. The first-order valence-corrected chi connectivity index (χ1v) is 10.2. The molecule has 0 bridgehead atoms. The molecular formula is C23H15Cl2F3N4O2. The number of halogens is 5. The Hall–Kier alpha value is -3.43. The highest BCUT2D eigenvalue weighted by Gasteiger charge is 2.43. The molecule has 1 unspecified atom stereocenters.